The molecule has 1 fully saturated rings. The molecule has 0 saturated carbocycles. The molecule has 1 rings (SSSR count). The monoisotopic (exact) mass is 255 g/mol. The van der Waals surface area contributed by atoms with Gasteiger partial charge in [-0.3, -0.25) is 9.59 Å². The maximum Gasteiger partial charge on any atom is 0.323 e. The van der Waals surface area contributed by atoms with Crippen molar-refractivity contribution in [1.29, 1.82) is 0 Å². The summed E-state index contributed by atoms with van der Waals surface area (Å²) in [6, 6.07) is -2.87. The fourth-order valence-corrected chi connectivity index (χ4v) is 1.67. The molecule has 0 aromatic carbocycles. The van der Waals surface area contributed by atoms with Gasteiger partial charge in [0.25, 0.3) is 0 Å². The van der Waals surface area contributed by atoms with Crippen LogP contribution in [0.1, 0.15) is 6.42 Å². The van der Waals surface area contributed by atoms with Crippen LogP contribution < -0.4 is 0 Å². The summed E-state index contributed by atoms with van der Waals surface area (Å²) in [5.41, 5.74) is 0. The summed E-state index contributed by atoms with van der Waals surface area (Å²) in [7, 11) is 0. The van der Waals surface area contributed by atoms with E-state index in [4.69, 9.17) is 0 Å². The molecule has 3 nitrogen and oxygen atoms in total. The zero-order chi connectivity index (χ0) is 10.0. The number of halogens is 3. The Hall–Kier alpha value is -0.520. The van der Waals surface area contributed by atoms with Gasteiger partial charge in [-0.1, -0.05) is 15.9 Å². The second-order valence-electron chi connectivity index (χ2n) is 2.83. The van der Waals surface area contributed by atoms with Crippen molar-refractivity contribution >= 4 is 27.9 Å². The van der Waals surface area contributed by atoms with E-state index in [9.17, 15) is 18.4 Å². The highest BCUT2D eigenvalue weighted by Gasteiger charge is 2.39. The number of carbonyl (C=O) groups excluding carboxylic acids is 2. The Labute approximate surface area is 82.2 Å². The second-order valence-corrected chi connectivity index (χ2v) is 3.39. The molecular weight excluding hydrogens is 248 g/mol. The lowest BCUT2D eigenvalue weighted by atomic mass is 10.2. The van der Waals surface area contributed by atoms with Crippen molar-refractivity contribution < 1.29 is 18.4 Å². The number of rotatable bonds is 2. The SMILES string of the molecule is O=C(F)C1CC(F)CN1C(=O)CBr. The molecule has 6 heteroatoms. The van der Waals surface area contributed by atoms with Crippen LogP contribution in [-0.2, 0) is 9.59 Å². The Morgan fingerprint density at radius 3 is 2.62 bits per heavy atom. The van der Waals surface area contributed by atoms with Crippen LogP contribution in [0.4, 0.5) is 8.78 Å². The van der Waals surface area contributed by atoms with Crippen molar-refractivity contribution in [2.45, 2.75) is 18.6 Å². The maximum atomic E-state index is 12.8. The number of nitrogens with zero attached hydrogens (tertiary/aromatic N) is 1. The van der Waals surface area contributed by atoms with Gasteiger partial charge in [-0.25, -0.2) is 4.39 Å². The van der Waals surface area contributed by atoms with Gasteiger partial charge in [0.1, 0.15) is 12.2 Å². The van der Waals surface area contributed by atoms with Crippen LogP contribution >= 0.6 is 15.9 Å². The topological polar surface area (TPSA) is 37.4 Å². The lowest BCUT2D eigenvalue weighted by Crippen LogP contribution is -2.39. The summed E-state index contributed by atoms with van der Waals surface area (Å²) in [6.45, 7) is -0.190. The first-order chi connectivity index (χ1) is 6.06. The number of carbonyl (C=O) groups is 2. The van der Waals surface area contributed by atoms with Gasteiger partial charge in [0.05, 0.1) is 11.9 Å². The predicted molar refractivity (Wildman–Crippen MR) is 44.9 cm³/mol. The molecule has 1 aliphatic heterocycles. The highest BCUT2D eigenvalue weighted by molar-refractivity contribution is 9.09. The Bertz CT molecular complexity index is 237. The first-order valence-corrected chi connectivity index (χ1v) is 4.87. The smallest absolute Gasteiger partial charge is 0.323 e. The van der Waals surface area contributed by atoms with E-state index in [0.717, 1.165) is 4.90 Å². The minimum atomic E-state index is -1.64. The van der Waals surface area contributed by atoms with Gasteiger partial charge < -0.3 is 4.90 Å². The Morgan fingerprint density at radius 2 is 2.15 bits per heavy atom. The molecule has 1 aliphatic rings. The van der Waals surface area contributed by atoms with Crippen molar-refractivity contribution in [2.75, 3.05) is 11.9 Å². The minimum absolute atomic E-state index is 0.0243. The first kappa shape index (κ1) is 10.6. The molecule has 1 saturated heterocycles. The number of likely N-dealkylation sites (tertiary alicyclic amines) is 1. The maximum absolute atomic E-state index is 12.8. The van der Waals surface area contributed by atoms with E-state index in [0.29, 0.717) is 0 Å². The molecule has 1 amide bonds. The number of hydrogen-bond donors (Lipinski definition) is 0. The van der Waals surface area contributed by atoms with Crippen molar-refractivity contribution in [2.24, 2.45) is 0 Å². The van der Waals surface area contributed by atoms with Gasteiger partial charge in [-0.05, 0) is 0 Å². The van der Waals surface area contributed by atoms with Gasteiger partial charge in [0.15, 0.2) is 0 Å². The van der Waals surface area contributed by atoms with Gasteiger partial charge in [0, 0.05) is 6.42 Å². The third-order valence-electron chi connectivity index (χ3n) is 1.95. The number of amides is 1. The molecule has 74 valence electrons. The van der Waals surface area contributed by atoms with Gasteiger partial charge in [-0.2, -0.15) is 4.39 Å². The Balaban J connectivity index is 2.71. The van der Waals surface area contributed by atoms with Crippen LogP contribution in [0.3, 0.4) is 0 Å². The molecule has 2 unspecified atom stereocenters. The quantitative estimate of drug-likeness (QED) is 0.541. The first-order valence-electron chi connectivity index (χ1n) is 3.75. The van der Waals surface area contributed by atoms with Crippen LogP contribution in [0.5, 0.6) is 0 Å². The zero-order valence-corrected chi connectivity index (χ0v) is 8.26. The molecule has 2 atom stereocenters. The van der Waals surface area contributed by atoms with E-state index in [1.54, 1.807) is 0 Å². The summed E-state index contributed by atoms with van der Waals surface area (Å²) < 4.78 is 25.1. The summed E-state index contributed by atoms with van der Waals surface area (Å²) in [5, 5.41) is -0.0243. The lowest BCUT2D eigenvalue weighted by Gasteiger charge is -2.19. The minimum Gasteiger partial charge on any atom is -0.326 e. The van der Waals surface area contributed by atoms with Crippen LogP contribution in [0.2, 0.25) is 0 Å². The largest absolute Gasteiger partial charge is 0.326 e. The molecule has 0 radical (unpaired) electrons. The molecule has 1 heterocycles. The number of alkyl halides is 2. The summed E-state index contributed by atoms with van der Waals surface area (Å²) in [5.74, 6) is -0.462. The van der Waals surface area contributed by atoms with E-state index in [1.807, 2.05) is 0 Å². The molecule has 0 aromatic rings. The summed E-state index contributed by atoms with van der Waals surface area (Å²) in [6.07, 6.45) is -1.53. The number of hydrogen-bond acceptors (Lipinski definition) is 2. The normalized spacial score (nSPS) is 27.8. The van der Waals surface area contributed by atoms with Crippen molar-refractivity contribution in [3.8, 4) is 0 Å². The average Bonchev–Trinajstić information content (AvgIpc) is 2.46. The molecule has 0 bridgehead atoms. The van der Waals surface area contributed by atoms with Crippen molar-refractivity contribution in [3.05, 3.63) is 0 Å². The molecule has 0 aromatic heterocycles. The van der Waals surface area contributed by atoms with Gasteiger partial charge in [-0.15, -0.1) is 0 Å². The molecule has 0 spiro atoms. The van der Waals surface area contributed by atoms with Crippen molar-refractivity contribution in [1.82, 2.24) is 4.90 Å². The summed E-state index contributed by atoms with van der Waals surface area (Å²) in [4.78, 5) is 22.4. The Kier molecular flexibility index (Phi) is 3.35. The lowest BCUT2D eigenvalue weighted by molar-refractivity contribution is -0.141. The third-order valence-corrected chi connectivity index (χ3v) is 2.43. The highest BCUT2D eigenvalue weighted by atomic mass is 79.9. The molecule has 13 heavy (non-hydrogen) atoms. The Morgan fingerprint density at radius 1 is 1.54 bits per heavy atom. The van der Waals surface area contributed by atoms with Crippen LogP contribution in [0.15, 0.2) is 0 Å². The third kappa shape index (κ3) is 2.24. The predicted octanol–water partition coefficient (Wildman–Crippen LogP) is 0.816. The van der Waals surface area contributed by atoms with Crippen LogP contribution in [0, 0.1) is 0 Å². The van der Waals surface area contributed by atoms with E-state index < -0.39 is 24.2 Å². The second kappa shape index (κ2) is 4.13. The van der Waals surface area contributed by atoms with E-state index in [-0.39, 0.29) is 18.3 Å². The average molecular weight is 256 g/mol. The van der Waals surface area contributed by atoms with Gasteiger partial charge >= 0.3 is 6.04 Å². The van der Waals surface area contributed by atoms with Crippen LogP contribution in [0.25, 0.3) is 0 Å². The van der Waals surface area contributed by atoms with E-state index >= 15 is 0 Å². The highest BCUT2D eigenvalue weighted by Crippen LogP contribution is 2.21. The van der Waals surface area contributed by atoms with Crippen molar-refractivity contribution in [3.63, 3.8) is 0 Å². The van der Waals surface area contributed by atoms with Crippen LogP contribution in [-0.4, -0.2) is 40.9 Å². The molecule has 0 N–H and O–H groups in total. The van der Waals surface area contributed by atoms with E-state index in [1.165, 1.54) is 0 Å². The fourth-order valence-electron chi connectivity index (χ4n) is 1.35. The zero-order valence-electron chi connectivity index (χ0n) is 6.67. The van der Waals surface area contributed by atoms with Gasteiger partial charge in [0.2, 0.25) is 5.91 Å². The summed E-state index contributed by atoms with van der Waals surface area (Å²) >= 11 is 2.87. The standard InChI is InChI=1S/C7H8BrF2NO2/c8-2-6(12)11-3-4(9)1-5(11)7(10)13/h4-5H,1-3H2. The molecular formula is C7H8BrF2NO2. The fraction of sp³-hybridized carbons (Fsp3) is 0.714. The van der Waals surface area contributed by atoms with E-state index in [2.05, 4.69) is 15.9 Å². The molecule has 0 aliphatic carbocycles.